The third kappa shape index (κ3) is 2.13. The molecule has 12 heavy (non-hydrogen) atoms. The molecule has 1 heterocycles. The predicted octanol–water partition coefficient (Wildman–Crippen LogP) is -0.307. The van der Waals surface area contributed by atoms with Gasteiger partial charge >= 0.3 is 0 Å². The van der Waals surface area contributed by atoms with Gasteiger partial charge in [-0.2, -0.15) is 0 Å². The third-order valence-electron chi connectivity index (χ3n) is 1.47. The highest BCUT2D eigenvalue weighted by atomic mass is 32.1. The Balaban J connectivity index is 2.60. The predicted molar refractivity (Wildman–Crippen MR) is 46.1 cm³/mol. The fourth-order valence-corrected chi connectivity index (χ4v) is 1.21. The fourth-order valence-electron chi connectivity index (χ4n) is 0.615. The molecule has 1 aromatic heterocycles. The van der Waals surface area contributed by atoms with Gasteiger partial charge < -0.3 is 15.5 Å². The molecule has 0 aliphatic heterocycles. The monoisotopic (exact) mass is 189 g/mol. The van der Waals surface area contributed by atoms with Crippen LogP contribution in [0.5, 0.6) is 0 Å². The van der Waals surface area contributed by atoms with Gasteiger partial charge in [0.1, 0.15) is 5.51 Å². The molecule has 68 valence electrons. The zero-order chi connectivity index (χ0) is 9.03. The first-order valence-electron chi connectivity index (χ1n) is 3.46. The highest BCUT2D eigenvalue weighted by Gasteiger charge is 2.22. The SMILES string of the molecule is CC(CO)(CO)Nc1nncs1. The molecule has 1 rings (SSSR count). The molecule has 0 amide bonds. The van der Waals surface area contributed by atoms with E-state index in [0.29, 0.717) is 5.13 Å². The van der Waals surface area contributed by atoms with Crippen molar-refractivity contribution in [2.75, 3.05) is 18.5 Å². The van der Waals surface area contributed by atoms with Crippen molar-refractivity contribution in [3.05, 3.63) is 5.51 Å². The topological polar surface area (TPSA) is 78.3 Å². The summed E-state index contributed by atoms with van der Waals surface area (Å²) in [5.74, 6) is 0. The molecule has 0 atom stereocenters. The second-order valence-corrected chi connectivity index (χ2v) is 3.58. The molecule has 6 heteroatoms. The second-order valence-electron chi connectivity index (χ2n) is 2.75. The van der Waals surface area contributed by atoms with E-state index in [9.17, 15) is 0 Å². The number of hydrogen-bond acceptors (Lipinski definition) is 6. The summed E-state index contributed by atoms with van der Waals surface area (Å²) in [6.45, 7) is 1.40. The van der Waals surface area contributed by atoms with E-state index >= 15 is 0 Å². The van der Waals surface area contributed by atoms with Gasteiger partial charge in [0.25, 0.3) is 0 Å². The Morgan fingerprint density at radius 2 is 2.25 bits per heavy atom. The van der Waals surface area contributed by atoms with Crippen molar-refractivity contribution in [3.63, 3.8) is 0 Å². The van der Waals surface area contributed by atoms with Crippen molar-refractivity contribution in [2.45, 2.75) is 12.5 Å². The van der Waals surface area contributed by atoms with Gasteiger partial charge in [0.2, 0.25) is 5.13 Å². The standard InChI is InChI=1S/C6H11N3O2S/c1-6(2-10,3-11)8-5-9-7-4-12-5/h4,10-11H,2-3H2,1H3,(H,8,9). The zero-order valence-corrected chi connectivity index (χ0v) is 7.51. The van der Waals surface area contributed by atoms with E-state index in [0.717, 1.165) is 0 Å². The summed E-state index contributed by atoms with van der Waals surface area (Å²) in [5.41, 5.74) is 0.858. The van der Waals surface area contributed by atoms with Gasteiger partial charge in [-0.15, -0.1) is 10.2 Å². The lowest BCUT2D eigenvalue weighted by atomic mass is 10.1. The van der Waals surface area contributed by atoms with Gasteiger partial charge in [-0.25, -0.2) is 0 Å². The summed E-state index contributed by atoms with van der Waals surface area (Å²) in [7, 11) is 0. The maximum absolute atomic E-state index is 8.92. The summed E-state index contributed by atoms with van der Waals surface area (Å²) in [6, 6.07) is 0. The Hall–Kier alpha value is -0.720. The lowest BCUT2D eigenvalue weighted by Crippen LogP contribution is -2.42. The number of nitrogens with one attached hydrogen (secondary N) is 1. The second kappa shape index (κ2) is 3.79. The van der Waals surface area contributed by atoms with Crippen LogP contribution in [0.2, 0.25) is 0 Å². The first-order valence-corrected chi connectivity index (χ1v) is 4.34. The van der Waals surface area contributed by atoms with E-state index in [1.54, 1.807) is 12.4 Å². The van der Waals surface area contributed by atoms with E-state index in [-0.39, 0.29) is 13.2 Å². The number of aliphatic hydroxyl groups is 2. The minimum absolute atomic E-state index is 0.150. The van der Waals surface area contributed by atoms with Gasteiger partial charge in [-0.1, -0.05) is 11.3 Å². The van der Waals surface area contributed by atoms with Crippen LogP contribution in [0.15, 0.2) is 5.51 Å². The van der Waals surface area contributed by atoms with E-state index in [1.807, 2.05) is 0 Å². The number of hydrogen-bond donors (Lipinski definition) is 3. The van der Waals surface area contributed by atoms with E-state index < -0.39 is 5.54 Å². The van der Waals surface area contributed by atoms with Gasteiger partial charge in [-0.05, 0) is 6.92 Å². The molecule has 0 aliphatic carbocycles. The number of aliphatic hydroxyl groups excluding tert-OH is 2. The molecule has 0 spiro atoms. The smallest absolute Gasteiger partial charge is 0.205 e. The van der Waals surface area contributed by atoms with E-state index in [2.05, 4.69) is 15.5 Å². The molecule has 0 bridgehead atoms. The van der Waals surface area contributed by atoms with E-state index in [4.69, 9.17) is 10.2 Å². The average Bonchev–Trinajstić information content (AvgIpc) is 2.57. The summed E-state index contributed by atoms with van der Waals surface area (Å²) in [5, 5.41) is 28.7. The summed E-state index contributed by atoms with van der Waals surface area (Å²) in [4.78, 5) is 0. The summed E-state index contributed by atoms with van der Waals surface area (Å²) in [6.07, 6.45) is 0. The Bertz CT molecular complexity index is 223. The van der Waals surface area contributed by atoms with Crippen molar-refractivity contribution < 1.29 is 10.2 Å². The molecule has 0 aliphatic rings. The minimum atomic E-state index is -0.723. The Kier molecular flexibility index (Phi) is 2.96. The summed E-state index contributed by atoms with van der Waals surface area (Å²) >= 11 is 1.32. The Labute approximate surface area is 74.1 Å². The maximum Gasteiger partial charge on any atom is 0.205 e. The van der Waals surface area contributed by atoms with Gasteiger partial charge in [0.15, 0.2) is 0 Å². The number of nitrogens with zero attached hydrogens (tertiary/aromatic N) is 2. The first-order chi connectivity index (χ1) is 5.70. The lowest BCUT2D eigenvalue weighted by Gasteiger charge is -2.25. The molecule has 3 N–H and O–H groups in total. The van der Waals surface area contributed by atoms with Crippen LogP contribution in [0.4, 0.5) is 5.13 Å². The van der Waals surface area contributed by atoms with Crippen molar-refractivity contribution >= 4 is 16.5 Å². The molecule has 0 aromatic carbocycles. The van der Waals surface area contributed by atoms with Crippen molar-refractivity contribution in [1.82, 2.24) is 10.2 Å². The number of anilines is 1. The van der Waals surface area contributed by atoms with Crippen LogP contribution in [0.1, 0.15) is 6.92 Å². The molecule has 5 nitrogen and oxygen atoms in total. The largest absolute Gasteiger partial charge is 0.394 e. The van der Waals surface area contributed by atoms with Crippen LogP contribution in [0.25, 0.3) is 0 Å². The Morgan fingerprint density at radius 3 is 2.67 bits per heavy atom. The van der Waals surface area contributed by atoms with Crippen LogP contribution < -0.4 is 5.32 Å². The van der Waals surface area contributed by atoms with Crippen LogP contribution in [0.3, 0.4) is 0 Å². The number of rotatable bonds is 4. The van der Waals surface area contributed by atoms with Crippen molar-refractivity contribution in [1.29, 1.82) is 0 Å². The molecular weight excluding hydrogens is 178 g/mol. The molecular formula is C6H11N3O2S. The highest BCUT2D eigenvalue weighted by Crippen LogP contribution is 2.15. The maximum atomic E-state index is 8.92. The molecule has 0 fully saturated rings. The van der Waals surface area contributed by atoms with Crippen LogP contribution >= 0.6 is 11.3 Å². The normalized spacial score (nSPS) is 11.6. The quantitative estimate of drug-likeness (QED) is 0.605. The number of aromatic nitrogens is 2. The summed E-state index contributed by atoms with van der Waals surface area (Å²) < 4.78 is 0. The van der Waals surface area contributed by atoms with Crippen LogP contribution in [-0.4, -0.2) is 39.2 Å². The molecule has 0 saturated heterocycles. The van der Waals surface area contributed by atoms with Crippen LogP contribution in [0, 0.1) is 0 Å². The van der Waals surface area contributed by atoms with Gasteiger partial charge in [-0.3, -0.25) is 0 Å². The molecule has 0 saturated carbocycles. The minimum Gasteiger partial charge on any atom is -0.394 e. The van der Waals surface area contributed by atoms with Gasteiger partial charge in [0, 0.05) is 0 Å². The van der Waals surface area contributed by atoms with E-state index in [1.165, 1.54) is 11.3 Å². The van der Waals surface area contributed by atoms with Crippen LogP contribution in [-0.2, 0) is 0 Å². The Morgan fingerprint density at radius 1 is 1.58 bits per heavy atom. The van der Waals surface area contributed by atoms with Crippen molar-refractivity contribution in [3.8, 4) is 0 Å². The van der Waals surface area contributed by atoms with Gasteiger partial charge in [0.05, 0.1) is 18.8 Å². The highest BCUT2D eigenvalue weighted by molar-refractivity contribution is 7.13. The third-order valence-corrected chi connectivity index (χ3v) is 2.07. The average molecular weight is 189 g/mol. The first kappa shape index (κ1) is 9.37. The fraction of sp³-hybridized carbons (Fsp3) is 0.667. The van der Waals surface area contributed by atoms with Crippen molar-refractivity contribution in [2.24, 2.45) is 0 Å². The molecule has 0 radical (unpaired) electrons. The molecule has 0 unspecified atom stereocenters. The zero-order valence-electron chi connectivity index (χ0n) is 6.69. The lowest BCUT2D eigenvalue weighted by molar-refractivity contribution is 0.147. The molecule has 1 aromatic rings.